The fraction of sp³-hybridized carbons (Fsp3) is 0.278. The van der Waals surface area contributed by atoms with Crippen LogP contribution in [0.4, 0.5) is 4.39 Å². The van der Waals surface area contributed by atoms with Gasteiger partial charge in [0.1, 0.15) is 11.5 Å². The number of hydrogen-bond donors (Lipinski definition) is 0. The highest BCUT2D eigenvalue weighted by atomic mass is 35.5. The van der Waals surface area contributed by atoms with Crippen LogP contribution >= 0.6 is 11.6 Å². The van der Waals surface area contributed by atoms with Crippen molar-refractivity contribution in [2.24, 2.45) is 0 Å². The van der Waals surface area contributed by atoms with Crippen molar-refractivity contribution in [2.45, 2.75) is 32.4 Å². The van der Waals surface area contributed by atoms with Crippen LogP contribution in [0.1, 0.15) is 34.6 Å². The molecule has 0 aliphatic heterocycles. The number of nitrogens with zero attached hydrogens (tertiary/aromatic N) is 4. The van der Waals surface area contributed by atoms with E-state index in [0.29, 0.717) is 27.8 Å². The van der Waals surface area contributed by atoms with Gasteiger partial charge in [-0.3, -0.25) is 9.20 Å². The summed E-state index contributed by atoms with van der Waals surface area (Å²) in [6.45, 7) is 1.92. The van der Waals surface area contributed by atoms with Crippen molar-refractivity contribution in [1.29, 1.82) is 0 Å². The minimum Gasteiger partial charge on any atom is -0.330 e. The molecule has 4 rings (SSSR count). The molecule has 0 saturated heterocycles. The van der Waals surface area contributed by atoms with Gasteiger partial charge < -0.3 is 4.90 Å². The summed E-state index contributed by atoms with van der Waals surface area (Å²) in [5, 5.41) is 0.329. The molecule has 1 aromatic carbocycles. The third-order valence-corrected chi connectivity index (χ3v) is 4.77. The maximum atomic E-state index is 14.2. The van der Waals surface area contributed by atoms with E-state index in [1.54, 1.807) is 46.8 Å². The molecular weight excluding hydrogens is 343 g/mol. The predicted molar refractivity (Wildman–Crippen MR) is 92.0 cm³/mol. The van der Waals surface area contributed by atoms with Gasteiger partial charge in [0.2, 0.25) is 5.78 Å². The van der Waals surface area contributed by atoms with E-state index in [2.05, 4.69) is 9.97 Å². The van der Waals surface area contributed by atoms with Crippen LogP contribution in [0.2, 0.25) is 5.02 Å². The van der Waals surface area contributed by atoms with Crippen LogP contribution in [-0.2, 0) is 6.54 Å². The smallest absolute Gasteiger partial charge is 0.273 e. The Balaban J connectivity index is 1.74. The Morgan fingerprint density at radius 2 is 2.20 bits per heavy atom. The van der Waals surface area contributed by atoms with E-state index < -0.39 is 5.82 Å². The number of rotatable bonds is 4. The maximum Gasteiger partial charge on any atom is 0.273 e. The molecule has 3 aromatic rings. The molecule has 25 heavy (non-hydrogen) atoms. The van der Waals surface area contributed by atoms with Crippen LogP contribution in [0.5, 0.6) is 0 Å². The van der Waals surface area contributed by atoms with Gasteiger partial charge in [-0.1, -0.05) is 17.7 Å². The van der Waals surface area contributed by atoms with Crippen molar-refractivity contribution in [3.05, 3.63) is 64.5 Å². The zero-order valence-corrected chi connectivity index (χ0v) is 14.4. The number of halogens is 2. The van der Waals surface area contributed by atoms with Gasteiger partial charge in [-0.25, -0.2) is 14.4 Å². The summed E-state index contributed by atoms with van der Waals surface area (Å²) in [4.78, 5) is 23.4. The molecule has 2 aromatic heterocycles. The van der Waals surface area contributed by atoms with Crippen molar-refractivity contribution in [1.82, 2.24) is 19.3 Å². The van der Waals surface area contributed by atoms with Gasteiger partial charge in [-0.15, -0.1) is 0 Å². The lowest BCUT2D eigenvalue weighted by Gasteiger charge is -2.23. The van der Waals surface area contributed by atoms with E-state index >= 15 is 0 Å². The second-order valence-electron chi connectivity index (χ2n) is 6.20. The number of hydrogen-bond acceptors (Lipinski definition) is 3. The molecule has 0 spiro atoms. The lowest BCUT2D eigenvalue weighted by molar-refractivity contribution is 0.0720. The first-order valence-corrected chi connectivity index (χ1v) is 8.47. The van der Waals surface area contributed by atoms with Crippen LogP contribution < -0.4 is 0 Å². The molecule has 5 nitrogen and oxygen atoms in total. The Hall–Kier alpha value is -2.47. The summed E-state index contributed by atoms with van der Waals surface area (Å²) in [6.07, 6.45) is 5.21. The van der Waals surface area contributed by atoms with E-state index in [4.69, 9.17) is 11.6 Å². The first kappa shape index (κ1) is 16.0. The number of carbonyl (C=O) groups is 1. The Labute approximate surface area is 149 Å². The monoisotopic (exact) mass is 358 g/mol. The molecular formula is C18H16ClFN4O. The number of benzene rings is 1. The van der Waals surface area contributed by atoms with E-state index in [0.717, 1.165) is 12.8 Å². The molecule has 1 saturated carbocycles. The first-order chi connectivity index (χ1) is 12.1. The standard InChI is InChI=1S/C18H16ClFN4O/c1-11-16(23-9-3-8-21-18(23)22-11)17(25)24(12-6-7-12)10-13-14(19)4-2-5-15(13)20/h2-5,8-9,12H,6-7,10H2,1H3. The fourth-order valence-corrected chi connectivity index (χ4v) is 3.22. The number of amides is 1. The molecule has 0 atom stereocenters. The Bertz CT molecular complexity index is 947. The molecule has 0 radical (unpaired) electrons. The highest BCUT2D eigenvalue weighted by Crippen LogP contribution is 2.32. The van der Waals surface area contributed by atoms with Gasteiger partial charge in [-0.2, -0.15) is 0 Å². The van der Waals surface area contributed by atoms with Crippen LogP contribution in [0.3, 0.4) is 0 Å². The average molecular weight is 359 g/mol. The van der Waals surface area contributed by atoms with Gasteiger partial charge in [0, 0.05) is 29.0 Å². The summed E-state index contributed by atoms with van der Waals surface area (Å²) in [5.41, 5.74) is 1.41. The second kappa shape index (κ2) is 6.11. The SMILES string of the molecule is Cc1nc2ncccn2c1C(=O)N(Cc1c(F)cccc1Cl)C1CC1. The van der Waals surface area contributed by atoms with Crippen LogP contribution in [-0.4, -0.2) is 31.2 Å². The molecule has 1 aliphatic rings. The van der Waals surface area contributed by atoms with Gasteiger partial charge in [0.15, 0.2) is 0 Å². The van der Waals surface area contributed by atoms with Crippen LogP contribution in [0.25, 0.3) is 5.78 Å². The van der Waals surface area contributed by atoms with Gasteiger partial charge in [-0.05, 0) is 38.0 Å². The van der Waals surface area contributed by atoms with Crippen molar-refractivity contribution in [3.63, 3.8) is 0 Å². The lowest BCUT2D eigenvalue weighted by Crippen LogP contribution is -2.34. The molecule has 7 heteroatoms. The first-order valence-electron chi connectivity index (χ1n) is 8.10. The van der Waals surface area contributed by atoms with Gasteiger partial charge >= 0.3 is 0 Å². The molecule has 0 N–H and O–H groups in total. The summed E-state index contributed by atoms with van der Waals surface area (Å²) < 4.78 is 15.9. The second-order valence-corrected chi connectivity index (χ2v) is 6.61. The van der Waals surface area contributed by atoms with Crippen molar-refractivity contribution >= 4 is 23.3 Å². The predicted octanol–water partition coefficient (Wildman–Crippen LogP) is 3.64. The Kier molecular flexibility index (Phi) is 3.92. The lowest BCUT2D eigenvalue weighted by atomic mass is 10.1. The summed E-state index contributed by atoms with van der Waals surface area (Å²) >= 11 is 6.15. The molecule has 1 amide bonds. The molecule has 128 valence electrons. The fourth-order valence-electron chi connectivity index (χ4n) is 3.00. The van der Waals surface area contributed by atoms with Gasteiger partial charge in [0.25, 0.3) is 5.91 Å². The van der Waals surface area contributed by atoms with Crippen molar-refractivity contribution in [3.8, 4) is 0 Å². The van der Waals surface area contributed by atoms with Gasteiger partial charge in [0.05, 0.1) is 12.2 Å². The van der Waals surface area contributed by atoms with E-state index in [-0.39, 0.29) is 18.5 Å². The maximum absolute atomic E-state index is 14.2. The number of aromatic nitrogens is 3. The van der Waals surface area contributed by atoms with E-state index in [1.165, 1.54) is 6.07 Å². The minimum absolute atomic E-state index is 0.102. The molecule has 1 fully saturated rings. The van der Waals surface area contributed by atoms with Crippen LogP contribution in [0.15, 0.2) is 36.7 Å². The molecule has 0 unspecified atom stereocenters. The van der Waals surface area contributed by atoms with Crippen molar-refractivity contribution in [2.75, 3.05) is 0 Å². The average Bonchev–Trinajstić information content (AvgIpc) is 3.36. The van der Waals surface area contributed by atoms with E-state index in [1.807, 2.05) is 0 Å². The highest BCUT2D eigenvalue weighted by Gasteiger charge is 2.36. The molecule has 1 aliphatic carbocycles. The van der Waals surface area contributed by atoms with Crippen molar-refractivity contribution < 1.29 is 9.18 Å². The molecule has 0 bridgehead atoms. The normalized spacial score (nSPS) is 14.0. The van der Waals surface area contributed by atoms with E-state index in [9.17, 15) is 9.18 Å². The Morgan fingerprint density at radius 1 is 1.40 bits per heavy atom. The topological polar surface area (TPSA) is 50.5 Å². The third-order valence-electron chi connectivity index (χ3n) is 4.42. The minimum atomic E-state index is -0.400. The Morgan fingerprint density at radius 3 is 2.92 bits per heavy atom. The zero-order valence-electron chi connectivity index (χ0n) is 13.6. The third kappa shape index (κ3) is 2.87. The largest absolute Gasteiger partial charge is 0.330 e. The van der Waals surface area contributed by atoms with Crippen LogP contribution in [0, 0.1) is 12.7 Å². The quantitative estimate of drug-likeness (QED) is 0.715. The summed E-state index contributed by atoms with van der Waals surface area (Å²) in [7, 11) is 0. The number of aryl methyl sites for hydroxylation is 1. The summed E-state index contributed by atoms with van der Waals surface area (Å²) in [5.74, 6) is -0.106. The number of fused-ring (bicyclic) bond motifs is 1. The number of carbonyl (C=O) groups excluding carboxylic acids is 1. The molecule has 2 heterocycles. The highest BCUT2D eigenvalue weighted by molar-refractivity contribution is 6.31. The number of imidazole rings is 1. The zero-order chi connectivity index (χ0) is 17.6. The summed E-state index contributed by atoms with van der Waals surface area (Å²) in [6, 6.07) is 6.41.